The first-order valence-electron chi connectivity index (χ1n) is 10.4. The molecule has 154 valence electrons. The zero-order valence-electron chi connectivity index (χ0n) is 16.5. The summed E-state index contributed by atoms with van der Waals surface area (Å²) in [5.41, 5.74) is 0. The van der Waals surface area contributed by atoms with Crippen molar-refractivity contribution in [3.63, 3.8) is 0 Å². The third kappa shape index (κ3) is 20.2. The van der Waals surface area contributed by atoms with Crippen molar-refractivity contribution >= 4 is 41.4 Å². The fraction of sp³-hybridized carbons (Fsp3) is 0.810. The molecule has 0 aromatic rings. The second-order valence-electron chi connectivity index (χ2n) is 6.98. The molecule has 3 N–H and O–H groups in total. The Bertz CT molecular complexity index is 388. The molecule has 0 bridgehead atoms. The molecular formula is C21H40NNaO4. The van der Waals surface area contributed by atoms with E-state index in [4.69, 9.17) is 10.2 Å². The molecule has 0 aliphatic rings. The van der Waals surface area contributed by atoms with Gasteiger partial charge in [0.15, 0.2) is 0 Å². The van der Waals surface area contributed by atoms with E-state index in [0.717, 1.165) is 32.1 Å². The van der Waals surface area contributed by atoms with Gasteiger partial charge in [-0.25, -0.2) is 4.79 Å². The Morgan fingerprint density at radius 1 is 0.852 bits per heavy atom. The Hall–Kier alpha value is -0.360. The number of unbranched alkanes of at least 4 members (excludes halogenated alkanes) is 11. The summed E-state index contributed by atoms with van der Waals surface area (Å²) in [7, 11) is 0. The van der Waals surface area contributed by atoms with E-state index in [1.54, 1.807) is 0 Å². The molecule has 0 aromatic heterocycles. The number of hydrogen-bond donors (Lipinski definition) is 3. The molecule has 5 nitrogen and oxygen atoms in total. The van der Waals surface area contributed by atoms with Crippen LogP contribution in [0.1, 0.15) is 96.8 Å². The van der Waals surface area contributed by atoms with Gasteiger partial charge >= 0.3 is 35.5 Å². The molecule has 1 atom stereocenters. The molecule has 0 saturated heterocycles. The van der Waals surface area contributed by atoms with Gasteiger partial charge in [0.1, 0.15) is 6.04 Å². The van der Waals surface area contributed by atoms with E-state index in [-0.39, 0.29) is 35.5 Å². The summed E-state index contributed by atoms with van der Waals surface area (Å²) in [5, 5.41) is 19.9. The molecular weight excluding hydrogens is 353 g/mol. The van der Waals surface area contributed by atoms with Gasteiger partial charge < -0.3 is 15.5 Å². The van der Waals surface area contributed by atoms with E-state index in [9.17, 15) is 9.59 Å². The van der Waals surface area contributed by atoms with Gasteiger partial charge in [-0.15, -0.1) is 0 Å². The van der Waals surface area contributed by atoms with E-state index in [0.29, 0.717) is 6.42 Å². The summed E-state index contributed by atoms with van der Waals surface area (Å²) >= 11 is 0. The quantitative estimate of drug-likeness (QED) is 0.187. The Balaban J connectivity index is 0. The number of nitrogens with one attached hydrogen (secondary N) is 1. The summed E-state index contributed by atoms with van der Waals surface area (Å²) in [6, 6.07) is -1.19. The van der Waals surface area contributed by atoms with Crippen LogP contribution in [-0.4, -0.2) is 64.3 Å². The van der Waals surface area contributed by atoms with E-state index in [1.165, 1.54) is 51.4 Å². The maximum absolute atomic E-state index is 11.6. The summed E-state index contributed by atoms with van der Waals surface area (Å²) in [5.74, 6) is -1.51. The second-order valence-corrected chi connectivity index (χ2v) is 6.98. The van der Waals surface area contributed by atoms with Crippen LogP contribution in [0.15, 0.2) is 12.2 Å². The van der Waals surface area contributed by atoms with Gasteiger partial charge in [-0.1, -0.05) is 70.4 Å². The van der Waals surface area contributed by atoms with Crippen LogP contribution in [0.4, 0.5) is 0 Å². The van der Waals surface area contributed by atoms with Crippen LogP contribution in [0.5, 0.6) is 0 Å². The summed E-state index contributed by atoms with van der Waals surface area (Å²) in [4.78, 5) is 22.3. The number of carbonyl (C=O) groups excluding carboxylic acids is 1. The molecule has 0 aliphatic heterocycles. The number of aliphatic hydroxyl groups excluding tert-OH is 1. The molecule has 0 radical (unpaired) electrons. The summed E-state index contributed by atoms with van der Waals surface area (Å²) in [6.45, 7) is 1.67. The number of allylic oxidation sites excluding steroid dienone is 2. The number of carboxylic acids is 1. The number of carbonyl (C=O) groups is 2. The maximum atomic E-state index is 11.6. The molecule has 6 heteroatoms. The van der Waals surface area contributed by atoms with Crippen molar-refractivity contribution in [2.45, 2.75) is 103 Å². The topological polar surface area (TPSA) is 86.6 Å². The molecule has 0 aliphatic carbocycles. The van der Waals surface area contributed by atoms with Crippen LogP contribution in [0, 0.1) is 0 Å². The monoisotopic (exact) mass is 393 g/mol. The second kappa shape index (κ2) is 21.9. The molecule has 0 unspecified atom stereocenters. The van der Waals surface area contributed by atoms with Gasteiger partial charge in [0.2, 0.25) is 5.91 Å². The third-order valence-electron chi connectivity index (χ3n) is 4.48. The number of amides is 1. The van der Waals surface area contributed by atoms with Gasteiger partial charge in [-0.2, -0.15) is 0 Å². The zero-order valence-corrected chi connectivity index (χ0v) is 16.5. The van der Waals surface area contributed by atoms with Crippen molar-refractivity contribution in [3.8, 4) is 0 Å². The molecule has 27 heavy (non-hydrogen) atoms. The van der Waals surface area contributed by atoms with Crippen molar-refractivity contribution in [2.75, 3.05) is 6.61 Å². The molecule has 0 heterocycles. The van der Waals surface area contributed by atoms with Gasteiger partial charge in [-0.3, -0.25) is 4.79 Å². The summed E-state index contributed by atoms with van der Waals surface area (Å²) < 4.78 is 0. The average molecular weight is 394 g/mol. The first-order chi connectivity index (χ1) is 12.6. The van der Waals surface area contributed by atoms with Crippen LogP contribution < -0.4 is 5.32 Å². The third-order valence-corrected chi connectivity index (χ3v) is 4.48. The van der Waals surface area contributed by atoms with Crippen LogP contribution in [0.25, 0.3) is 0 Å². The van der Waals surface area contributed by atoms with E-state index in [2.05, 4.69) is 24.4 Å². The minimum atomic E-state index is -1.20. The summed E-state index contributed by atoms with van der Waals surface area (Å²) in [6.07, 6.45) is 20.5. The fourth-order valence-corrected chi connectivity index (χ4v) is 2.81. The van der Waals surface area contributed by atoms with Crippen molar-refractivity contribution in [2.24, 2.45) is 0 Å². The molecule has 0 saturated carbocycles. The van der Waals surface area contributed by atoms with Gasteiger partial charge in [0.05, 0.1) is 6.61 Å². The van der Waals surface area contributed by atoms with Crippen molar-refractivity contribution in [3.05, 3.63) is 12.2 Å². The first-order valence-corrected chi connectivity index (χ1v) is 10.4. The van der Waals surface area contributed by atoms with Crippen LogP contribution in [-0.2, 0) is 9.59 Å². The van der Waals surface area contributed by atoms with Crippen molar-refractivity contribution in [1.29, 1.82) is 0 Å². The zero-order chi connectivity index (χ0) is 19.5. The Morgan fingerprint density at radius 3 is 1.81 bits per heavy atom. The van der Waals surface area contributed by atoms with Crippen LogP contribution in [0.3, 0.4) is 0 Å². The molecule has 0 aromatic carbocycles. The first kappa shape index (κ1) is 28.8. The predicted octanol–water partition coefficient (Wildman–Crippen LogP) is 3.94. The normalized spacial score (nSPS) is 11.9. The Labute approximate surface area is 187 Å². The number of hydrogen-bond acceptors (Lipinski definition) is 3. The number of aliphatic hydroxyl groups is 1. The standard InChI is InChI=1S/C21H39NO4.Na.H/c1-2-3-4-5-6-7-8-9-10-11-12-13-14-15-16-17-20(24)22-19(18-23)21(25)26;;/h9-10,19,23H,2-8,11-18H2,1H3,(H,22,24)(H,25,26);;/b10-9-;;/t19-;;/m0../s1. The van der Waals surface area contributed by atoms with E-state index in [1.807, 2.05) is 0 Å². The Kier molecular flexibility index (Phi) is 23.4. The Morgan fingerprint density at radius 2 is 1.33 bits per heavy atom. The van der Waals surface area contributed by atoms with E-state index < -0.39 is 18.6 Å². The van der Waals surface area contributed by atoms with Gasteiger partial charge in [-0.05, 0) is 32.1 Å². The van der Waals surface area contributed by atoms with Crippen molar-refractivity contribution < 1.29 is 19.8 Å². The van der Waals surface area contributed by atoms with E-state index >= 15 is 0 Å². The number of rotatable bonds is 18. The average Bonchev–Trinajstić information content (AvgIpc) is 2.62. The van der Waals surface area contributed by atoms with Crippen LogP contribution in [0.2, 0.25) is 0 Å². The van der Waals surface area contributed by atoms with Gasteiger partial charge in [0.25, 0.3) is 0 Å². The number of carboxylic acid groups (broad SMARTS) is 1. The van der Waals surface area contributed by atoms with Crippen LogP contribution >= 0.6 is 0 Å². The molecule has 1 amide bonds. The number of aliphatic carboxylic acids is 1. The SMILES string of the molecule is CCCCCCCC/C=C\CCCCCCCC(=O)N[C@@H](CO)C(=O)O.[NaH]. The molecule has 0 fully saturated rings. The molecule has 0 spiro atoms. The van der Waals surface area contributed by atoms with Gasteiger partial charge in [0, 0.05) is 6.42 Å². The predicted molar refractivity (Wildman–Crippen MR) is 113 cm³/mol. The minimum absolute atomic E-state index is 0. The fourth-order valence-electron chi connectivity index (χ4n) is 2.81. The molecule has 0 rings (SSSR count). The van der Waals surface area contributed by atoms with Crippen molar-refractivity contribution in [1.82, 2.24) is 5.32 Å².